The highest BCUT2D eigenvalue weighted by molar-refractivity contribution is 5.74. The van der Waals surface area contributed by atoms with Gasteiger partial charge in [0.25, 0.3) is 0 Å². The van der Waals surface area contributed by atoms with Crippen molar-refractivity contribution in [2.24, 2.45) is 5.41 Å². The van der Waals surface area contributed by atoms with Crippen LogP contribution in [0.1, 0.15) is 42.2 Å². The van der Waals surface area contributed by atoms with Crippen molar-refractivity contribution in [1.82, 2.24) is 25.1 Å². The van der Waals surface area contributed by atoms with Gasteiger partial charge in [0.05, 0.1) is 11.4 Å². The van der Waals surface area contributed by atoms with E-state index in [2.05, 4.69) is 20.4 Å². The van der Waals surface area contributed by atoms with E-state index in [9.17, 15) is 23.1 Å². The van der Waals surface area contributed by atoms with Crippen LogP contribution in [0.4, 0.5) is 24.9 Å². The quantitative estimate of drug-likeness (QED) is 0.253. The molecule has 2 aliphatic heterocycles. The first-order valence-electron chi connectivity index (χ1n) is 14.7. The molecule has 2 aliphatic rings. The Hall–Kier alpha value is -4.65. The summed E-state index contributed by atoms with van der Waals surface area (Å²) in [6.45, 7) is 5.39. The molecule has 236 valence electrons. The summed E-state index contributed by atoms with van der Waals surface area (Å²) < 4.78 is 51.4. The fourth-order valence-corrected chi connectivity index (χ4v) is 6.28. The lowest BCUT2D eigenvalue weighted by Crippen LogP contribution is -2.41. The molecule has 0 radical (unpaired) electrons. The number of ether oxygens (including phenoxy) is 1. The van der Waals surface area contributed by atoms with Crippen LogP contribution >= 0.6 is 0 Å². The van der Waals surface area contributed by atoms with Crippen molar-refractivity contribution < 1.29 is 27.8 Å². The summed E-state index contributed by atoms with van der Waals surface area (Å²) in [7, 11) is 0. The molecular weight excluding hydrogens is 587 g/mol. The highest BCUT2D eigenvalue weighted by atomic mass is 19.4. The van der Waals surface area contributed by atoms with Gasteiger partial charge in [-0.2, -0.15) is 28.2 Å². The molecule has 0 amide bonds. The summed E-state index contributed by atoms with van der Waals surface area (Å²) in [5.41, 5.74) is 9.18. The second-order valence-electron chi connectivity index (χ2n) is 12.0. The number of alkyl halides is 3. The van der Waals surface area contributed by atoms with Crippen LogP contribution in [0.2, 0.25) is 0 Å². The molecule has 0 saturated carbocycles. The number of aromatic nitrogens is 4. The molecule has 13 heteroatoms. The van der Waals surface area contributed by atoms with Crippen molar-refractivity contribution in [1.29, 1.82) is 0 Å². The van der Waals surface area contributed by atoms with E-state index >= 15 is 0 Å². The zero-order valence-electron chi connectivity index (χ0n) is 24.9. The first-order valence-corrected chi connectivity index (χ1v) is 14.7. The van der Waals surface area contributed by atoms with Crippen LogP contribution in [-0.2, 0) is 4.79 Å². The summed E-state index contributed by atoms with van der Waals surface area (Å²) in [5.74, 6) is -1.03. The van der Waals surface area contributed by atoms with Crippen LogP contribution in [-0.4, -0.2) is 62.7 Å². The average molecular weight is 622 g/mol. The van der Waals surface area contributed by atoms with E-state index < -0.39 is 24.3 Å². The minimum absolute atomic E-state index is 0.137. The van der Waals surface area contributed by atoms with Crippen molar-refractivity contribution in [2.45, 2.75) is 51.4 Å². The van der Waals surface area contributed by atoms with E-state index in [1.165, 1.54) is 16.8 Å². The van der Waals surface area contributed by atoms with Crippen LogP contribution in [0.25, 0.3) is 16.8 Å². The van der Waals surface area contributed by atoms with Crippen molar-refractivity contribution >= 4 is 17.7 Å². The van der Waals surface area contributed by atoms with E-state index in [0.29, 0.717) is 50.4 Å². The number of benzene rings is 2. The van der Waals surface area contributed by atoms with Crippen molar-refractivity contribution in [3.05, 3.63) is 77.6 Å². The van der Waals surface area contributed by atoms with Crippen LogP contribution < -0.4 is 20.7 Å². The number of nitrogens with zero attached hydrogens (tertiary/aromatic N) is 5. The number of carboxylic acid groups (broad SMARTS) is 1. The second-order valence-corrected chi connectivity index (χ2v) is 12.0. The minimum Gasteiger partial charge on any atom is -0.480 e. The maximum atomic E-state index is 14.8. The maximum Gasteiger partial charge on any atom is 0.429 e. The topological polar surface area (TPSA) is 131 Å². The number of anilines is 2. The number of aryl methyl sites for hydroxylation is 2. The molecule has 45 heavy (non-hydrogen) atoms. The molecule has 2 aromatic heterocycles. The van der Waals surface area contributed by atoms with Crippen molar-refractivity contribution in [2.75, 3.05) is 30.3 Å². The van der Waals surface area contributed by atoms with Crippen LogP contribution in [0.5, 0.6) is 5.88 Å². The standard InChI is InChI=1S/C32H34F3N7O3/c1-19-4-3-5-21(14-19)22-6-7-23(25(15-22)42-11-8-20(2)40-42)28(32(33,34)35)45-27-16-26(38-30(36)39-27)41-12-9-31(10-13-41)17-24(29(43)44)37-18-31/h3-8,11,14-16,24,28,37H,9-10,12-13,17-18H2,1-2H3,(H,43,44)(H2,36,38,39)/t24?,28-/m1/s1. The summed E-state index contributed by atoms with van der Waals surface area (Å²) in [4.78, 5) is 21.7. The molecule has 1 unspecified atom stereocenters. The highest BCUT2D eigenvalue weighted by Crippen LogP contribution is 2.42. The Balaban J connectivity index is 1.30. The normalized spacial score (nSPS) is 18.7. The minimum atomic E-state index is -4.81. The Labute approximate surface area is 258 Å². The largest absolute Gasteiger partial charge is 0.480 e. The maximum absolute atomic E-state index is 14.8. The van der Waals surface area contributed by atoms with E-state index in [4.69, 9.17) is 10.5 Å². The van der Waals surface area contributed by atoms with Crippen molar-refractivity contribution in [3.63, 3.8) is 0 Å². The van der Waals surface area contributed by atoms with Gasteiger partial charge in [-0.3, -0.25) is 4.79 Å². The highest BCUT2D eigenvalue weighted by Gasteiger charge is 2.46. The first-order chi connectivity index (χ1) is 21.4. The van der Waals surface area contributed by atoms with Gasteiger partial charge in [0.1, 0.15) is 11.9 Å². The number of nitrogens with two attached hydrogens (primary N) is 1. The number of carboxylic acids is 1. The SMILES string of the molecule is Cc1cccc(-c2ccc([C@@H](Oc3cc(N4CCC5(CC4)CNC(C(=O)O)C5)nc(N)n3)C(F)(F)F)c(-n3ccc(C)n3)c2)c1. The third-order valence-electron chi connectivity index (χ3n) is 8.68. The zero-order valence-corrected chi connectivity index (χ0v) is 24.9. The number of piperidine rings is 1. The summed E-state index contributed by atoms with van der Waals surface area (Å²) in [6, 6.07) is 15.0. The molecule has 10 nitrogen and oxygen atoms in total. The predicted molar refractivity (Wildman–Crippen MR) is 162 cm³/mol. The Bertz CT molecular complexity index is 1720. The third kappa shape index (κ3) is 6.44. The lowest BCUT2D eigenvalue weighted by molar-refractivity contribution is -0.198. The second kappa shape index (κ2) is 11.7. The summed E-state index contributed by atoms with van der Waals surface area (Å²) in [6.07, 6.45) is -3.64. The van der Waals surface area contributed by atoms with Gasteiger partial charge < -0.3 is 25.8 Å². The Morgan fingerprint density at radius 2 is 1.84 bits per heavy atom. The van der Waals surface area contributed by atoms with Crippen molar-refractivity contribution in [3.8, 4) is 22.7 Å². The lowest BCUT2D eigenvalue weighted by atomic mass is 9.76. The molecular formula is C32H34F3N7O3. The predicted octanol–water partition coefficient (Wildman–Crippen LogP) is 5.24. The number of nitrogen functional groups attached to an aromatic ring is 1. The molecule has 2 saturated heterocycles. The van der Waals surface area contributed by atoms with E-state index in [0.717, 1.165) is 16.7 Å². The van der Waals surface area contributed by atoms with Gasteiger partial charge in [-0.1, -0.05) is 42.0 Å². The number of nitrogens with one attached hydrogen (secondary N) is 1. The van der Waals surface area contributed by atoms with Gasteiger partial charge in [-0.25, -0.2) is 4.68 Å². The van der Waals surface area contributed by atoms with Crippen LogP contribution in [0.3, 0.4) is 0 Å². The van der Waals surface area contributed by atoms with Gasteiger partial charge in [0.15, 0.2) is 0 Å². The smallest absolute Gasteiger partial charge is 0.429 e. The molecule has 0 bridgehead atoms. The van der Waals surface area contributed by atoms with Gasteiger partial charge in [-0.05, 0) is 61.8 Å². The Morgan fingerprint density at radius 3 is 2.49 bits per heavy atom. The van der Waals surface area contributed by atoms with Crippen LogP contribution in [0.15, 0.2) is 60.8 Å². The average Bonchev–Trinajstić information content (AvgIpc) is 3.62. The number of hydrogen-bond acceptors (Lipinski definition) is 8. The number of aliphatic carboxylic acids is 1. The first kappa shape index (κ1) is 30.4. The summed E-state index contributed by atoms with van der Waals surface area (Å²) in [5, 5.41) is 16.9. The van der Waals surface area contributed by atoms with Gasteiger partial charge in [0, 0.05) is 37.5 Å². The van der Waals surface area contributed by atoms with Gasteiger partial charge in [-0.15, -0.1) is 0 Å². The zero-order chi connectivity index (χ0) is 31.9. The van der Waals surface area contributed by atoms with E-state index in [-0.39, 0.29) is 28.5 Å². The Kier molecular flexibility index (Phi) is 7.89. The molecule has 4 N–H and O–H groups in total. The monoisotopic (exact) mass is 621 g/mol. The van der Waals surface area contributed by atoms with Gasteiger partial charge in [0.2, 0.25) is 17.9 Å². The molecule has 2 aromatic carbocycles. The number of carbonyl (C=O) groups is 1. The molecule has 4 aromatic rings. The molecule has 4 heterocycles. The number of rotatable bonds is 7. The Morgan fingerprint density at radius 1 is 1.09 bits per heavy atom. The van der Waals surface area contributed by atoms with Gasteiger partial charge >= 0.3 is 12.1 Å². The van der Waals surface area contributed by atoms with E-state index in [1.54, 1.807) is 31.3 Å². The van der Waals surface area contributed by atoms with Crippen LogP contribution in [0, 0.1) is 19.3 Å². The van der Waals surface area contributed by atoms with E-state index in [1.807, 2.05) is 36.1 Å². The number of halogens is 3. The molecule has 6 rings (SSSR count). The summed E-state index contributed by atoms with van der Waals surface area (Å²) >= 11 is 0. The molecule has 2 fully saturated rings. The third-order valence-corrected chi connectivity index (χ3v) is 8.68. The molecule has 1 spiro atoms. The fourth-order valence-electron chi connectivity index (χ4n) is 6.28. The molecule has 0 aliphatic carbocycles. The molecule has 2 atom stereocenters. The number of hydrogen-bond donors (Lipinski definition) is 3. The lowest BCUT2D eigenvalue weighted by Gasteiger charge is -2.39. The fraction of sp³-hybridized carbons (Fsp3) is 0.375.